The Morgan fingerprint density at radius 1 is 1.40 bits per heavy atom. The minimum atomic E-state index is -0.250. The fourth-order valence-electron chi connectivity index (χ4n) is 1.69. The lowest BCUT2D eigenvalue weighted by molar-refractivity contribution is -0.132. The van der Waals surface area contributed by atoms with Crippen LogP contribution in [0, 0.1) is 0 Å². The molecule has 0 aliphatic rings. The van der Waals surface area contributed by atoms with Crippen LogP contribution in [0.15, 0.2) is 24.3 Å². The van der Waals surface area contributed by atoms with Gasteiger partial charge in [-0.05, 0) is 24.6 Å². The first kappa shape index (κ1) is 16.5. The molecule has 0 fully saturated rings. The normalized spacial score (nSPS) is 10.2. The molecule has 0 unspecified atom stereocenters. The molecule has 0 aliphatic heterocycles. The summed E-state index contributed by atoms with van der Waals surface area (Å²) in [7, 11) is 1.60. The summed E-state index contributed by atoms with van der Waals surface area (Å²) in [5.41, 5.74) is 0.614. The maximum Gasteiger partial charge on any atom is 0.243 e. The molecule has 0 saturated carbocycles. The van der Waals surface area contributed by atoms with Gasteiger partial charge in [0, 0.05) is 37.9 Å². The second-order valence-electron chi connectivity index (χ2n) is 4.35. The van der Waals surface area contributed by atoms with E-state index in [0.717, 1.165) is 0 Å². The molecule has 1 N–H and O–H groups in total. The molecule has 5 nitrogen and oxygen atoms in total. The lowest BCUT2D eigenvalue weighted by Gasteiger charge is -2.20. The smallest absolute Gasteiger partial charge is 0.243 e. The second-order valence-corrected chi connectivity index (χ2v) is 4.78. The number of halogens is 1. The molecule has 1 aromatic carbocycles. The van der Waals surface area contributed by atoms with Gasteiger partial charge in [0.1, 0.15) is 0 Å². The van der Waals surface area contributed by atoms with Gasteiger partial charge in [-0.15, -0.1) is 0 Å². The van der Waals surface area contributed by atoms with Crippen molar-refractivity contribution < 1.29 is 14.3 Å². The van der Waals surface area contributed by atoms with Gasteiger partial charge in [0.2, 0.25) is 11.8 Å². The summed E-state index contributed by atoms with van der Waals surface area (Å²) in [4.78, 5) is 24.8. The number of ether oxygens (including phenoxy) is 1. The first-order valence-electron chi connectivity index (χ1n) is 6.33. The van der Waals surface area contributed by atoms with Crippen LogP contribution in [0.4, 0.5) is 5.69 Å². The van der Waals surface area contributed by atoms with Crippen molar-refractivity contribution in [1.82, 2.24) is 4.90 Å². The molecular weight excluding hydrogens is 280 g/mol. The number of carbonyl (C=O) groups excluding carboxylic acids is 2. The average molecular weight is 299 g/mol. The summed E-state index contributed by atoms with van der Waals surface area (Å²) in [6.45, 7) is 2.51. The summed E-state index contributed by atoms with van der Waals surface area (Å²) in [6, 6.07) is 6.87. The van der Waals surface area contributed by atoms with Crippen molar-refractivity contribution >= 4 is 29.1 Å². The van der Waals surface area contributed by atoms with Crippen molar-refractivity contribution in [2.24, 2.45) is 0 Å². The number of nitrogens with one attached hydrogen (secondary N) is 1. The molecule has 0 spiro atoms. The minimum Gasteiger partial charge on any atom is -0.385 e. The fourth-order valence-corrected chi connectivity index (χ4v) is 1.88. The van der Waals surface area contributed by atoms with Gasteiger partial charge in [-0.2, -0.15) is 0 Å². The van der Waals surface area contributed by atoms with Gasteiger partial charge < -0.3 is 15.0 Å². The highest BCUT2D eigenvalue weighted by atomic mass is 35.5. The number of hydrogen-bond donors (Lipinski definition) is 1. The van der Waals surface area contributed by atoms with Crippen LogP contribution < -0.4 is 5.32 Å². The largest absolute Gasteiger partial charge is 0.385 e. The fraction of sp³-hybridized carbons (Fsp3) is 0.429. The summed E-state index contributed by atoms with van der Waals surface area (Å²) < 4.78 is 4.93. The molecule has 0 heterocycles. The summed E-state index contributed by atoms with van der Waals surface area (Å²) in [6.07, 6.45) is 0.695. The van der Waals surface area contributed by atoms with Crippen molar-refractivity contribution in [2.75, 3.05) is 32.1 Å². The Morgan fingerprint density at radius 2 is 2.15 bits per heavy atom. The van der Waals surface area contributed by atoms with Gasteiger partial charge in [-0.25, -0.2) is 0 Å². The highest BCUT2D eigenvalue weighted by Crippen LogP contribution is 2.14. The van der Waals surface area contributed by atoms with E-state index in [9.17, 15) is 9.59 Å². The van der Waals surface area contributed by atoms with E-state index in [-0.39, 0.29) is 18.4 Å². The Balaban J connectivity index is 2.51. The Morgan fingerprint density at radius 3 is 2.75 bits per heavy atom. The molecular formula is C14H19ClN2O3. The zero-order valence-electron chi connectivity index (χ0n) is 11.7. The van der Waals surface area contributed by atoms with E-state index < -0.39 is 0 Å². The summed E-state index contributed by atoms with van der Waals surface area (Å²) >= 11 is 5.84. The number of anilines is 1. The SMILES string of the molecule is COCCCN(CC(=O)Nc1cccc(Cl)c1)C(C)=O. The molecule has 0 radical (unpaired) electrons. The lowest BCUT2D eigenvalue weighted by Crippen LogP contribution is -2.37. The average Bonchev–Trinajstić information content (AvgIpc) is 2.37. The van der Waals surface area contributed by atoms with Crippen molar-refractivity contribution in [3.8, 4) is 0 Å². The molecule has 110 valence electrons. The molecule has 2 amide bonds. The third kappa shape index (κ3) is 6.04. The standard InChI is InChI=1S/C14H19ClN2O3/c1-11(18)17(7-4-8-20-2)10-14(19)16-13-6-3-5-12(15)9-13/h3,5-6,9H,4,7-8,10H2,1-2H3,(H,16,19). The van der Waals surface area contributed by atoms with E-state index in [1.54, 1.807) is 31.4 Å². The van der Waals surface area contributed by atoms with Crippen LogP contribution in [-0.4, -0.2) is 43.5 Å². The van der Waals surface area contributed by atoms with Gasteiger partial charge in [-0.1, -0.05) is 17.7 Å². The van der Waals surface area contributed by atoms with E-state index >= 15 is 0 Å². The lowest BCUT2D eigenvalue weighted by atomic mass is 10.3. The first-order chi connectivity index (χ1) is 9.52. The van der Waals surface area contributed by atoms with Crippen molar-refractivity contribution in [3.63, 3.8) is 0 Å². The second kappa shape index (κ2) is 8.55. The van der Waals surface area contributed by atoms with Crippen LogP contribution in [0.3, 0.4) is 0 Å². The van der Waals surface area contributed by atoms with E-state index in [4.69, 9.17) is 16.3 Å². The number of methoxy groups -OCH3 is 1. The van der Waals surface area contributed by atoms with Crippen molar-refractivity contribution in [2.45, 2.75) is 13.3 Å². The predicted molar refractivity (Wildman–Crippen MR) is 78.8 cm³/mol. The number of hydrogen-bond acceptors (Lipinski definition) is 3. The highest BCUT2D eigenvalue weighted by Gasteiger charge is 2.13. The monoisotopic (exact) mass is 298 g/mol. The number of carbonyl (C=O) groups is 2. The third-order valence-electron chi connectivity index (χ3n) is 2.66. The Labute approximate surface area is 123 Å². The van der Waals surface area contributed by atoms with Crippen LogP contribution in [0.2, 0.25) is 5.02 Å². The number of amides is 2. The van der Waals surface area contributed by atoms with Gasteiger partial charge in [-0.3, -0.25) is 9.59 Å². The molecule has 0 aliphatic carbocycles. The topological polar surface area (TPSA) is 58.6 Å². The first-order valence-corrected chi connectivity index (χ1v) is 6.70. The van der Waals surface area contributed by atoms with E-state index in [1.807, 2.05) is 0 Å². The predicted octanol–water partition coefficient (Wildman–Crippen LogP) is 2.16. The third-order valence-corrected chi connectivity index (χ3v) is 2.90. The zero-order chi connectivity index (χ0) is 15.0. The number of rotatable bonds is 7. The maximum absolute atomic E-state index is 11.9. The summed E-state index contributed by atoms with van der Waals surface area (Å²) in [5, 5.41) is 3.26. The van der Waals surface area contributed by atoms with Crippen LogP contribution >= 0.6 is 11.6 Å². The van der Waals surface area contributed by atoms with Gasteiger partial charge in [0.05, 0.1) is 6.54 Å². The highest BCUT2D eigenvalue weighted by molar-refractivity contribution is 6.30. The van der Waals surface area contributed by atoms with Gasteiger partial charge in [0.25, 0.3) is 0 Å². The number of benzene rings is 1. The van der Waals surface area contributed by atoms with Gasteiger partial charge in [0.15, 0.2) is 0 Å². The van der Waals surface area contributed by atoms with Crippen LogP contribution in [0.25, 0.3) is 0 Å². The number of nitrogens with zero attached hydrogens (tertiary/aromatic N) is 1. The maximum atomic E-state index is 11.9. The Kier molecular flexibility index (Phi) is 7.04. The van der Waals surface area contributed by atoms with Crippen LogP contribution in [0.1, 0.15) is 13.3 Å². The molecule has 0 saturated heterocycles. The molecule has 6 heteroatoms. The molecule has 0 aromatic heterocycles. The zero-order valence-corrected chi connectivity index (χ0v) is 12.4. The van der Waals surface area contributed by atoms with E-state index in [1.165, 1.54) is 11.8 Å². The molecule has 0 bridgehead atoms. The Hall–Kier alpha value is -1.59. The molecule has 1 rings (SSSR count). The molecule has 20 heavy (non-hydrogen) atoms. The van der Waals surface area contributed by atoms with E-state index in [0.29, 0.717) is 30.3 Å². The van der Waals surface area contributed by atoms with Crippen LogP contribution in [-0.2, 0) is 14.3 Å². The molecule has 0 atom stereocenters. The van der Waals surface area contributed by atoms with Crippen molar-refractivity contribution in [3.05, 3.63) is 29.3 Å². The van der Waals surface area contributed by atoms with Crippen LogP contribution in [0.5, 0.6) is 0 Å². The summed E-state index contributed by atoms with van der Waals surface area (Å²) in [5.74, 6) is -0.387. The molecule has 1 aromatic rings. The quantitative estimate of drug-likeness (QED) is 0.785. The van der Waals surface area contributed by atoms with Crippen molar-refractivity contribution in [1.29, 1.82) is 0 Å². The van der Waals surface area contributed by atoms with Gasteiger partial charge >= 0.3 is 0 Å². The Bertz CT molecular complexity index is 465. The van der Waals surface area contributed by atoms with E-state index in [2.05, 4.69) is 5.32 Å². The minimum absolute atomic E-state index is 0.0194.